The molecule has 0 bridgehead atoms. The number of hydrogen-bond donors (Lipinski definition) is 2. The van der Waals surface area contributed by atoms with E-state index in [0.717, 1.165) is 13.1 Å². The third-order valence-electron chi connectivity index (χ3n) is 3.66. The molecule has 7 heteroatoms. The molecule has 0 aliphatic carbocycles. The summed E-state index contributed by atoms with van der Waals surface area (Å²) in [5.74, 6) is -0.329. The van der Waals surface area contributed by atoms with Crippen molar-refractivity contribution >= 4 is 22.5 Å². The number of H-pyrrole nitrogens is 1. The number of amides is 1. The van der Waals surface area contributed by atoms with Gasteiger partial charge in [0.15, 0.2) is 0 Å². The summed E-state index contributed by atoms with van der Waals surface area (Å²) in [5, 5.41) is 7.72. The van der Waals surface area contributed by atoms with Gasteiger partial charge in [0, 0.05) is 29.7 Å². The Kier molecular flexibility index (Phi) is 4.43. The van der Waals surface area contributed by atoms with Gasteiger partial charge in [-0.1, -0.05) is 18.2 Å². The Morgan fingerprint density at radius 2 is 2.12 bits per heavy atom. The van der Waals surface area contributed by atoms with E-state index in [4.69, 9.17) is 0 Å². The van der Waals surface area contributed by atoms with Gasteiger partial charge in [0.25, 0.3) is 5.91 Å². The number of rotatable bonds is 5. The molecule has 3 aromatic rings. The molecule has 24 heavy (non-hydrogen) atoms. The summed E-state index contributed by atoms with van der Waals surface area (Å²) in [6.45, 7) is 1.59. The van der Waals surface area contributed by atoms with Crippen molar-refractivity contribution in [2.24, 2.45) is 0 Å². The van der Waals surface area contributed by atoms with Crippen molar-refractivity contribution in [3.8, 4) is 0 Å². The van der Waals surface area contributed by atoms with E-state index in [2.05, 4.69) is 20.3 Å². The van der Waals surface area contributed by atoms with Gasteiger partial charge < -0.3 is 15.2 Å². The first-order valence-electron chi connectivity index (χ1n) is 7.63. The Hall–Kier alpha value is -2.93. The number of anilines is 1. The Balaban J connectivity index is 1.82. The van der Waals surface area contributed by atoms with Gasteiger partial charge in [0.05, 0.1) is 24.0 Å². The lowest BCUT2D eigenvalue weighted by Crippen LogP contribution is -2.18. The lowest BCUT2D eigenvalue weighted by Gasteiger charge is -2.08. The number of nitrogens with zero attached hydrogens (tertiary/aromatic N) is 3. The highest BCUT2D eigenvalue weighted by atomic mass is 16.2. The molecule has 124 valence electrons. The Morgan fingerprint density at radius 1 is 1.33 bits per heavy atom. The van der Waals surface area contributed by atoms with Crippen LogP contribution < -0.4 is 10.9 Å². The van der Waals surface area contributed by atoms with Gasteiger partial charge in [-0.25, -0.2) is 0 Å². The van der Waals surface area contributed by atoms with Crippen molar-refractivity contribution in [1.29, 1.82) is 0 Å². The van der Waals surface area contributed by atoms with Crippen LogP contribution in [0.4, 0.5) is 5.69 Å². The SMILES string of the molecule is CN(C)CCn1cc(NC(=O)c2cc(=O)[nH]c3ccccc23)cn1. The van der Waals surface area contributed by atoms with Gasteiger partial charge in [-0.3, -0.25) is 14.3 Å². The smallest absolute Gasteiger partial charge is 0.256 e. The molecule has 2 heterocycles. The third kappa shape index (κ3) is 3.52. The summed E-state index contributed by atoms with van der Waals surface area (Å²) in [6.07, 6.45) is 3.37. The Morgan fingerprint density at radius 3 is 2.92 bits per heavy atom. The minimum absolute atomic E-state index is 0.305. The Bertz CT molecular complexity index is 926. The quantitative estimate of drug-likeness (QED) is 0.745. The predicted octanol–water partition coefficient (Wildman–Crippen LogP) is 1.54. The molecule has 0 spiro atoms. The lowest BCUT2D eigenvalue weighted by molar-refractivity contribution is 0.102. The number of para-hydroxylation sites is 1. The van der Waals surface area contributed by atoms with Crippen molar-refractivity contribution in [2.45, 2.75) is 6.54 Å². The molecule has 2 aromatic heterocycles. The average molecular weight is 325 g/mol. The van der Waals surface area contributed by atoms with E-state index in [1.807, 2.05) is 26.2 Å². The first-order chi connectivity index (χ1) is 11.5. The summed E-state index contributed by atoms with van der Waals surface area (Å²) in [4.78, 5) is 29.1. The van der Waals surface area contributed by atoms with E-state index < -0.39 is 0 Å². The fraction of sp³-hybridized carbons (Fsp3) is 0.235. The fourth-order valence-corrected chi connectivity index (χ4v) is 2.44. The van der Waals surface area contributed by atoms with Crippen molar-refractivity contribution < 1.29 is 4.79 Å². The predicted molar refractivity (Wildman–Crippen MR) is 93.3 cm³/mol. The van der Waals surface area contributed by atoms with Crippen molar-refractivity contribution in [3.63, 3.8) is 0 Å². The van der Waals surface area contributed by atoms with Crippen molar-refractivity contribution in [1.82, 2.24) is 19.7 Å². The number of aromatic amines is 1. The van der Waals surface area contributed by atoms with Gasteiger partial charge in [0.2, 0.25) is 5.56 Å². The zero-order chi connectivity index (χ0) is 17.1. The second-order valence-corrected chi connectivity index (χ2v) is 5.84. The minimum Gasteiger partial charge on any atom is -0.322 e. The van der Waals surface area contributed by atoms with Crippen molar-refractivity contribution in [2.75, 3.05) is 26.0 Å². The highest BCUT2D eigenvalue weighted by molar-refractivity contribution is 6.12. The lowest BCUT2D eigenvalue weighted by atomic mass is 10.1. The van der Waals surface area contributed by atoms with E-state index in [1.165, 1.54) is 6.07 Å². The number of pyridine rings is 1. The van der Waals surface area contributed by atoms with Crippen LogP contribution >= 0.6 is 0 Å². The molecule has 0 saturated heterocycles. The molecule has 0 fully saturated rings. The summed E-state index contributed by atoms with van der Waals surface area (Å²) in [5.41, 5.74) is 1.27. The van der Waals surface area contributed by atoms with Crippen LogP contribution in [-0.4, -0.2) is 46.2 Å². The summed E-state index contributed by atoms with van der Waals surface area (Å²) in [6, 6.07) is 8.53. The molecule has 0 saturated carbocycles. The second kappa shape index (κ2) is 6.67. The van der Waals surface area contributed by atoms with Crippen LogP contribution in [-0.2, 0) is 6.54 Å². The van der Waals surface area contributed by atoms with Crippen molar-refractivity contribution in [3.05, 3.63) is 58.6 Å². The molecule has 0 atom stereocenters. The standard InChI is InChI=1S/C17H19N5O2/c1-21(2)7-8-22-11-12(10-18-22)19-17(24)14-9-16(23)20-15-6-4-3-5-13(14)15/h3-6,9-11H,7-8H2,1-2H3,(H,19,24)(H,20,23). The second-order valence-electron chi connectivity index (χ2n) is 5.84. The number of carbonyl (C=O) groups is 1. The van der Waals surface area contributed by atoms with E-state index in [9.17, 15) is 9.59 Å². The topological polar surface area (TPSA) is 83.0 Å². The van der Waals surface area contributed by atoms with E-state index >= 15 is 0 Å². The monoisotopic (exact) mass is 325 g/mol. The maximum atomic E-state index is 12.5. The number of aromatic nitrogens is 3. The van der Waals surface area contributed by atoms with Crippen LogP contribution in [0.5, 0.6) is 0 Å². The number of nitrogens with one attached hydrogen (secondary N) is 2. The maximum Gasteiger partial charge on any atom is 0.256 e. The van der Waals surface area contributed by atoms with E-state index in [-0.39, 0.29) is 11.5 Å². The Labute approximate surface area is 138 Å². The molecule has 3 rings (SSSR count). The van der Waals surface area contributed by atoms with Crippen LogP contribution in [0.1, 0.15) is 10.4 Å². The molecule has 7 nitrogen and oxygen atoms in total. The van der Waals surface area contributed by atoms with Crippen LogP contribution in [0.25, 0.3) is 10.9 Å². The number of carbonyl (C=O) groups excluding carboxylic acids is 1. The molecule has 1 amide bonds. The van der Waals surface area contributed by atoms with Crippen LogP contribution in [0.15, 0.2) is 47.5 Å². The highest BCUT2D eigenvalue weighted by Gasteiger charge is 2.12. The van der Waals surface area contributed by atoms with Crippen LogP contribution in [0, 0.1) is 0 Å². The molecule has 0 aliphatic heterocycles. The minimum atomic E-state index is -0.329. The molecule has 0 unspecified atom stereocenters. The number of likely N-dealkylation sites (N-methyl/N-ethyl adjacent to an activating group) is 1. The molecular formula is C17H19N5O2. The summed E-state index contributed by atoms with van der Waals surface area (Å²) < 4.78 is 1.77. The van der Waals surface area contributed by atoms with Gasteiger partial charge >= 0.3 is 0 Å². The first kappa shape index (κ1) is 15.9. The largest absolute Gasteiger partial charge is 0.322 e. The zero-order valence-corrected chi connectivity index (χ0v) is 13.6. The first-order valence-corrected chi connectivity index (χ1v) is 7.63. The highest BCUT2D eigenvalue weighted by Crippen LogP contribution is 2.16. The van der Waals surface area contributed by atoms with Gasteiger partial charge in [-0.15, -0.1) is 0 Å². The van der Waals surface area contributed by atoms with Gasteiger partial charge in [0.1, 0.15) is 0 Å². The van der Waals surface area contributed by atoms with Gasteiger partial charge in [-0.05, 0) is 20.2 Å². The molecule has 0 aliphatic rings. The zero-order valence-electron chi connectivity index (χ0n) is 13.6. The van der Waals surface area contributed by atoms with E-state index in [1.54, 1.807) is 29.2 Å². The fourth-order valence-electron chi connectivity index (χ4n) is 2.44. The van der Waals surface area contributed by atoms with E-state index in [0.29, 0.717) is 22.2 Å². The normalized spacial score (nSPS) is 11.1. The number of hydrogen-bond acceptors (Lipinski definition) is 4. The number of benzene rings is 1. The third-order valence-corrected chi connectivity index (χ3v) is 3.66. The van der Waals surface area contributed by atoms with Crippen LogP contribution in [0.3, 0.4) is 0 Å². The molecule has 1 aromatic carbocycles. The number of fused-ring (bicyclic) bond motifs is 1. The molecule has 2 N–H and O–H groups in total. The van der Waals surface area contributed by atoms with Crippen LogP contribution in [0.2, 0.25) is 0 Å². The average Bonchev–Trinajstić information content (AvgIpc) is 2.99. The molecular weight excluding hydrogens is 306 g/mol. The summed E-state index contributed by atoms with van der Waals surface area (Å²) >= 11 is 0. The van der Waals surface area contributed by atoms with Gasteiger partial charge in [-0.2, -0.15) is 5.10 Å². The molecule has 0 radical (unpaired) electrons. The maximum absolute atomic E-state index is 12.5. The summed E-state index contributed by atoms with van der Waals surface area (Å²) in [7, 11) is 3.98.